The van der Waals surface area contributed by atoms with Crippen molar-refractivity contribution in [3.8, 4) is 0 Å². The summed E-state index contributed by atoms with van der Waals surface area (Å²) in [5.41, 5.74) is 0. The van der Waals surface area contributed by atoms with Crippen molar-refractivity contribution in [2.45, 2.75) is 43.7 Å². The lowest BCUT2D eigenvalue weighted by Gasteiger charge is -2.32. The van der Waals surface area contributed by atoms with Crippen molar-refractivity contribution >= 4 is 16.9 Å². The molecule has 120 valence electrons. The zero-order valence-corrected chi connectivity index (χ0v) is 10.6. The maximum absolute atomic E-state index is 13.0. The molecule has 0 radical (unpaired) electrons. The minimum absolute atomic E-state index is 0.189. The van der Waals surface area contributed by atoms with Gasteiger partial charge in [-0.2, -0.15) is 26.3 Å². The van der Waals surface area contributed by atoms with Crippen molar-refractivity contribution in [2.24, 2.45) is 0 Å². The predicted octanol–water partition coefficient (Wildman–Crippen LogP) is 4.17. The highest BCUT2D eigenvalue weighted by atomic mass is 32.2. The Hall–Kier alpha value is -0.610. The fraction of sp³-hybridized carbons (Fsp3) is 0.889. The number of hydrogen-bond acceptors (Lipinski definition) is 2. The van der Waals surface area contributed by atoms with E-state index in [9.17, 15) is 44.3 Å². The highest BCUT2D eigenvalue weighted by Crippen LogP contribution is 2.47. The van der Waals surface area contributed by atoms with E-state index in [-0.39, 0.29) is 11.8 Å². The van der Waals surface area contributed by atoms with Crippen molar-refractivity contribution in [3.05, 3.63) is 0 Å². The molecule has 0 spiro atoms. The van der Waals surface area contributed by atoms with Gasteiger partial charge in [0.1, 0.15) is 0 Å². The second kappa shape index (κ2) is 6.44. The Morgan fingerprint density at radius 3 is 1.85 bits per heavy atom. The minimum atomic E-state index is -6.00. The van der Waals surface area contributed by atoms with Crippen LogP contribution >= 0.6 is 11.8 Å². The van der Waals surface area contributed by atoms with E-state index in [1.165, 1.54) is 0 Å². The molecule has 0 aliphatic carbocycles. The first-order valence-electron chi connectivity index (χ1n) is 4.96. The van der Waals surface area contributed by atoms with E-state index in [1.807, 2.05) is 0 Å². The lowest BCUT2D eigenvalue weighted by molar-refractivity contribution is -0.296. The molecule has 0 fully saturated rings. The molecule has 1 unspecified atom stereocenters. The summed E-state index contributed by atoms with van der Waals surface area (Å²) >= 11 is 0.189. The van der Waals surface area contributed by atoms with Gasteiger partial charge >= 0.3 is 24.2 Å². The third-order valence-electron chi connectivity index (χ3n) is 2.16. The topological polar surface area (TPSA) is 17.1 Å². The van der Waals surface area contributed by atoms with Crippen LogP contribution in [0.1, 0.15) is 13.3 Å². The van der Waals surface area contributed by atoms with Crippen LogP contribution < -0.4 is 0 Å². The monoisotopic (exact) mass is 336 g/mol. The summed E-state index contributed by atoms with van der Waals surface area (Å²) < 4.78 is 113. The predicted molar refractivity (Wildman–Crippen MR) is 53.5 cm³/mol. The molecule has 0 aromatic rings. The molecule has 0 heterocycles. The Labute approximate surface area is 111 Å². The third kappa shape index (κ3) is 4.19. The number of carbonyl (C=O) groups is 1. The zero-order chi connectivity index (χ0) is 16.4. The van der Waals surface area contributed by atoms with Gasteiger partial charge in [0.15, 0.2) is 5.12 Å². The highest BCUT2D eigenvalue weighted by molar-refractivity contribution is 8.13. The molecule has 0 aromatic heterocycles. The fourth-order valence-corrected chi connectivity index (χ4v) is 1.67. The number of alkyl halides is 9. The zero-order valence-electron chi connectivity index (χ0n) is 9.79. The summed E-state index contributed by atoms with van der Waals surface area (Å²) in [6.45, 7) is 0.934. The van der Waals surface area contributed by atoms with Crippen molar-refractivity contribution in [3.63, 3.8) is 0 Å². The third-order valence-corrected chi connectivity index (χ3v) is 2.97. The molecule has 1 nitrogen and oxygen atoms in total. The molecule has 1 atom stereocenters. The minimum Gasteiger partial charge on any atom is -0.288 e. The van der Waals surface area contributed by atoms with E-state index in [0.717, 1.165) is 6.92 Å². The number of thioether (sulfide) groups is 1. The van der Waals surface area contributed by atoms with Crippen LogP contribution in [0.5, 0.6) is 0 Å². The van der Waals surface area contributed by atoms with Crippen molar-refractivity contribution in [1.29, 1.82) is 0 Å². The largest absolute Gasteiger partial charge is 0.346 e. The first kappa shape index (κ1) is 19.4. The summed E-state index contributed by atoms with van der Waals surface area (Å²) in [5, 5.41) is -0.709. The van der Waals surface area contributed by atoms with Gasteiger partial charge in [-0.15, -0.1) is 0 Å². The highest BCUT2D eigenvalue weighted by Gasteiger charge is 2.70. The van der Waals surface area contributed by atoms with Gasteiger partial charge in [0, 0.05) is 19.1 Å². The van der Waals surface area contributed by atoms with Gasteiger partial charge in [0.05, 0.1) is 0 Å². The first-order valence-corrected chi connectivity index (χ1v) is 5.94. The molecule has 0 saturated carbocycles. The number of rotatable bonds is 7. The molecule has 0 aliphatic rings. The Morgan fingerprint density at radius 1 is 1.05 bits per heavy atom. The molecular weight excluding hydrogens is 327 g/mol. The molecule has 0 N–H and O–H groups in total. The first-order chi connectivity index (χ1) is 8.76. The van der Waals surface area contributed by atoms with Crippen LogP contribution in [0.2, 0.25) is 0 Å². The van der Waals surface area contributed by atoms with Crippen LogP contribution in [0.15, 0.2) is 0 Å². The smallest absolute Gasteiger partial charge is 0.288 e. The van der Waals surface area contributed by atoms with Crippen LogP contribution in [0.25, 0.3) is 0 Å². The van der Waals surface area contributed by atoms with Crippen LogP contribution in [0.3, 0.4) is 0 Å². The van der Waals surface area contributed by atoms with Gasteiger partial charge < -0.3 is 0 Å². The Balaban J connectivity index is 5.04. The average molecular weight is 336 g/mol. The van der Waals surface area contributed by atoms with E-state index in [1.54, 1.807) is 0 Å². The summed E-state index contributed by atoms with van der Waals surface area (Å²) in [7, 11) is 0. The second-order valence-corrected chi connectivity index (χ2v) is 5.03. The lowest BCUT2D eigenvalue weighted by Crippen LogP contribution is -2.57. The quantitative estimate of drug-likeness (QED) is 0.649. The second-order valence-electron chi connectivity index (χ2n) is 3.76. The van der Waals surface area contributed by atoms with E-state index in [4.69, 9.17) is 0 Å². The Kier molecular flexibility index (Phi) is 6.24. The van der Waals surface area contributed by atoms with Gasteiger partial charge in [-0.3, -0.25) is 4.79 Å². The van der Waals surface area contributed by atoms with Crippen LogP contribution in [-0.4, -0.2) is 41.2 Å². The molecule has 0 bridgehead atoms. The maximum atomic E-state index is 13.0. The molecule has 0 aromatic carbocycles. The number of hydrogen-bond donors (Lipinski definition) is 0. The van der Waals surface area contributed by atoms with Gasteiger partial charge in [-0.25, -0.2) is 13.2 Å². The Morgan fingerprint density at radius 2 is 1.50 bits per heavy atom. The van der Waals surface area contributed by atoms with E-state index < -0.39 is 47.7 Å². The van der Waals surface area contributed by atoms with Crippen LogP contribution in [0, 0.1) is 0 Å². The number of halogens is 9. The van der Waals surface area contributed by atoms with Gasteiger partial charge in [-0.05, 0) is 0 Å². The summed E-state index contributed by atoms with van der Waals surface area (Å²) in [6, 6.07) is 0. The average Bonchev–Trinajstić information content (AvgIpc) is 2.26. The van der Waals surface area contributed by atoms with Crippen LogP contribution in [-0.2, 0) is 4.79 Å². The van der Waals surface area contributed by atoms with Crippen molar-refractivity contribution in [1.82, 2.24) is 0 Å². The molecule has 0 rings (SSSR count). The van der Waals surface area contributed by atoms with Crippen LogP contribution in [0.4, 0.5) is 39.5 Å². The molecule has 0 amide bonds. The van der Waals surface area contributed by atoms with E-state index in [0.29, 0.717) is 0 Å². The van der Waals surface area contributed by atoms with Crippen molar-refractivity contribution < 1.29 is 44.3 Å². The van der Waals surface area contributed by atoms with Gasteiger partial charge in [-0.1, -0.05) is 11.8 Å². The van der Waals surface area contributed by atoms with E-state index in [2.05, 4.69) is 0 Å². The molecule has 11 heteroatoms. The van der Waals surface area contributed by atoms with Gasteiger partial charge in [0.2, 0.25) is 6.17 Å². The molecule has 20 heavy (non-hydrogen) atoms. The maximum Gasteiger partial charge on any atom is 0.346 e. The van der Waals surface area contributed by atoms with E-state index >= 15 is 0 Å². The normalized spacial score (nSPS) is 15.6. The van der Waals surface area contributed by atoms with Gasteiger partial charge in [0.25, 0.3) is 0 Å². The van der Waals surface area contributed by atoms with Crippen molar-refractivity contribution in [2.75, 3.05) is 5.75 Å². The standard InChI is InChI=1S/C9H9F9OS/c1-4(19)20-3-2-7(13,14)9(17,18)5(10)8(15,16)6(11)12/h5-6H,2-3H2,1H3. The Bertz CT molecular complexity index is 344. The molecule has 0 aliphatic heterocycles. The summed E-state index contributed by atoms with van der Waals surface area (Å²) in [6.07, 6.45) is -11.7. The lowest BCUT2D eigenvalue weighted by atomic mass is 10.00. The molecular formula is C9H9F9OS. The fourth-order valence-electron chi connectivity index (χ4n) is 1.03. The summed E-state index contributed by atoms with van der Waals surface area (Å²) in [4.78, 5) is 10.4. The SMILES string of the molecule is CC(=O)SCCC(F)(F)C(F)(F)C(F)C(F)(F)C(F)F. The molecule has 0 saturated heterocycles. The summed E-state index contributed by atoms with van der Waals surface area (Å²) in [5.74, 6) is -18.1. The number of carbonyl (C=O) groups excluding carboxylic acids is 1.